The van der Waals surface area contributed by atoms with Crippen molar-refractivity contribution in [3.63, 3.8) is 0 Å². The Bertz CT molecular complexity index is 1100. The molecule has 0 aromatic heterocycles. The Hall–Kier alpha value is -3.45. The zero-order valence-electron chi connectivity index (χ0n) is 15.0. The van der Waals surface area contributed by atoms with Gasteiger partial charge in [0.1, 0.15) is 6.10 Å². The highest BCUT2D eigenvalue weighted by atomic mass is 32.2. The van der Waals surface area contributed by atoms with Crippen molar-refractivity contribution in [3.05, 3.63) is 101 Å². The third kappa shape index (κ3) is 4.27. The van der Waals surface area contributed by atoms with E-state index in [1.54, 1.807) is 60.7 Å². The first-order valence-corrected chi connectivity index (χ1v) is 9.84. The summed E-state index contributed by atoms with van der Waals surface area (Å²) in [4.78, 5) is 0.0605. The van der Waals surface area contributed by atoms with E-state index in [0.29, 0.717) is 22.3 Å². The molecule has 3 rings (SSSR count). The van der Waals surface area contributed by atoms with Crippen LogP contribution >= 0.6 is 0 Å². The molecule has 0 aliphatic rings. The molecule has 0 aliphatic heterocycles. The highest BCUT2D eigenvalue weighted by molar-refractivity contribution is 7.86. The van der Waals surface area contributed by atoms with Gasteiger partial charge in [0, 0.05) is 0 Å². The highest BCUT2D eigenvalue weighted by Crippen LogP contribution is 2.30. The zero-order chi connectivity index (χ0) is 20.1. The molecule has 0 N–H and O–H groups in total. The van der Waals surface area contributed by atoms with Crippen molar-refractivity contribution in [2.24, 2.45) is 0 Å². The van der Waals surface area contributed by atoms with Crippen molar-refractivity contribution in [2.75, 3.05) is 0 Å². The summed E-state index contributed by atoms with van der Waals surface area (Å²) in [6, 6.07) is 23.5. The van der Waals surface area contributed by atoms with Crippen LogP contribution in [-0.4, -0.2) is 8.42 Å². The Morgan fingerprint density at radius 3 is 1.57 bits per heavy atom. The molecule has 0 fully saturated rings. The van der Waals surface area contributed by atoms with Crippen LogP contribution in [-0.2, 0) is 14.3 Å². The minimum Gasteiger partial charge on any atom is -0.253 e. The van der Waals surface area contributed by atoms with E-state index in [1.807, 2.05) is 19.1 Å². The van der Waals surface area contributed by atoms with E-state index in [4.69, 9.17) is 14.7 Å². The number of nitriles is 2. The lowest BCUT2D eigenvalue weighted by Gasteiger charge is -2.19. The van der Waals surface area contributed by atoms with Crippen molar-refractivity contribution in [3.8, 4) is 12.1 Å². The summed E-state index contributed by atoms with van der Waals surface area (Å²) in [6.45, 7) is 1.87. The van der Waals surface area contributed by atoms with Crippen LogP contribution in [0.1, 0.15) is 33.9 Å². The normalized spacial score (nSPS) is 11.0. The van der Waals surface area contributed by atoms with E-state index < -0.39 is 16.2 Å². The van der Waals surface area contributed by atoms with Crippen LogP contribution in [0.3, 0.4) is 0 Å². The average molecular weight is 388 g/mol. The fourth-order valence-corrected chi connectivity index (χ4v) is 3.71. The fourth-order valence-electron chi connectivity index (χ4n) is 2.66. The largest absolute Gasteiger partial charge is 0.297 e. The monoisotopic (exact) mass is 388 g/mol. The second-order valence-electron chi connectivity index (χ2n) is 6.21. The molecule has 0 atom stereocenters. The van der Waals surface area contributed by atoms with Crippen molar-refractivity contribution in [2.45, 2.75) is 17.9 Å². The maximum atomic E-state index is 12.8. The van der Waals surface area contributed by atoms with Crippen LogP contribution in [0.2, 0.25) is 0 Å². The first-order chi connectivity index (χ1) is 13.4. The molecule has 0 amide bonds. The summed E-state index contributed by atoms with van der Waals surface area (Å²) in [5.41, 5.74) is 3.03. The second kappa shape index (κ2) is 8.06. The molecule has 0 aliphatic carbocycles. The molecule has 3 aromatic rings. The summed E-state index contributed by atoms with van der Waals surface area (Å²) in [5, 5.41) is 18.0. The van der Waals surface area contributed by atoms with Gasteiger partial charge in [0.05, 0.1) is 28.2 Å². The van der Waals surface area contributed by atoms with Gasteiger partial charge in [-0.1, -0.05) is 42.0 Å². The van der Waals surface area contributed by atoms with Crippen LogP contribution in [0.5, 0.6) is 0 Å². The SMILES string of the molecule is Cc1ccc(S(=O)(=O)OC(c2ccc(C#N)cc2)c2ccc(C#N)cc2)cc1. The lowest BCUT2D eigenvalue weighted by molar-refractivity contribution is 0.253. The van der Waals surface area contributed by atoms with Crippen molar-refractivity contribution in [1.29, 1.82) is 10.5 Å². The maximum absolute atomic E-state index is 12.8. The molecule has 0 spiro atoms. The minimum absolute atomic E-state index is 0.0605. The van der Waals surface area contributed by atoms with Gasteiger partial charge in [0.2, 0.25) is 0 Å². The standard InChI is InChI=1S/C22H16N2O3S/c1-16-2-12-21(13-3-16)28(25,26)27-22(19-8-4-17(14-23)5-9-19)20-10-6-18(15-24)7-11-20/h2-13,22H,1H3. The molecule has 138 valence electrons. The number of aryl methyl sites for hydroxylation is 1. The van der Waals surface area contributed by atoms with Crippen LogP contribution in [0.4, 0.5) is 0 Å². The zero-order valence-corrected chi connectivity index (χ0v) is 15.8. The average Bonchev–Trinajstić information content (AvgIpc) is 2.72. The lowest BCUT2D eigenvalue weighted by Crippen LogP contribution is -2.14. The molecule has 3 aromatic carbocycles. The Morgan fingerprint density at radius 2 is 1.18 bits per heavy atom. The van der Waals surface area contributed by atoms with Gasteiger partial charge in [-0.25, -0.2) is 0 Å². The van der Waals surface area contributed by atoms with Crippen molar-refractivity contribution < 1.29 is 12.6 Å². The van der Waals surface area contributed by atoms with Gasteiger partial charge < -0.3 is 0 Å². The lowest BCUT2D eigenvalue weighted by atomic mass is 10.00. The molecule has 0 radical (unpaired) electrons. The molecular formula is C22H16N2O3S. The third-order valence-corrected chi connectivity index (χ3v) is 5.51. The first-order valence-electron chi connectivity index (χ1n) is 8.43. The molecule has 0 saturated carbocycles. The predicted octanol–water partition coefficient (Wildman–Crippen LogP) is 4.23. The predicted molar refractivity (Wildman–Crippen MR) is 104 cm³/mol. The highest BCUT2D eigenvalue weighted by Gasteiger charge is 2.25. The minimum atomic E-state index is -4.03. The van der Waals surface area contributed by atoms with Gasteiger partial charge in [-0.05, 0) is 54.4 Å². The van der Waals surface area contributed by atoms with Crippen LogP contribution in [0.15, 0.2) is 77.7 Å². The number of hydrogen-bond acceptors (Lipinski definition) is 5. The molecule has 0 bridgehead atoms. The van der Waals surface area contributed by atoms with Gasteiger partial charge in [0.25, 0.3) is 10.1 Å². The number of rotatable bonds is 5. The van der Waals surface area contributed by atoms with E-state index in [-0.39, 0.29) is 4.90 Å². The van der Waals surface area contributed by atoms with Gasteiger partial charge >= 0.3 is 0 Å². The Morgan fingerprint density at radius 1 is 0.750 bits per heavy atom. The molecular weight excluding hydrogens is 372 g/mol. The summed E-state index contributed by atoms with van der Waals surface area (Å²) in [6.07, 6.45) is -0.910. The molecule has 0 unspecified atom stereocenters. The molecule has 5 nitrogen and oxygen atoms in total. The van der Waals surface area contributed by atoms with Crippen LogP contribution < -0.4 is 0 Å². The van der Waals surface area contributed by atoms with Gasteiger partial charge in [0.15, 0.2) is 0 Å². The van der Waals surface area contributed by atoms with Crippen LogP contribution in [0, 0.1) is 29.6 Å². The quantitative estimate of drug-likeness (QED) is 0.610. The Labute approximate surface area is 164 Å². The number of benzene rings is 3. The van der Waals surface area contributed by atoms with E-state index in [0.717, 1.165) is 5.56 Å². The Balaban J connectivity index is 2.03. The van der Waals surface area contributed by atoms with Gasteiger partial charge in [-0.15, -0.1) is 0 Å². The van der Waals surface area contributed by atoms with Gasteiger partial charge in [-0.3, -0.25) is 4.18 Å². The fraction of sp³-hybridized carbons (Fsp3) is 0.0909. The van der Waals surface area contributed by atoms with Crippen molar-refractivity contribution >= 4 is 10.1 Å². The smallest absolute Gasteiger partial charge is 0.253 e. The molecule has 6 heteroatoms. The van der Waals surface area contributed by atoms with E-state index in [9.17, 15) is 8.42 Å². The summed E-state index contributed by atoms with van der Waals surface area (Å²) in [5.74, 6) is 0. The molecule has 0 heterocycles. The number of nitrogens with zero attached hydrogens (tertiary/aromatic N) is 2. The topological polar surface area (TPSA) is 90.9 Å². The van der Waals surface area contributed by atoms with E-state index in [2.05, 4.69) is 0 Å². The summed E-state index contributed by atoms with van der Waals surface area (Å²) < 4.78 is 31.2. The van der Waals surface area contributed by atoms with Crippen LogP contribution in [0.25, 0.3) is 0 Å². The Kier molecular flexibility index (Phi) is 5.56. The molecule has 28 heavy (non-hydrogen) atoms. The summed E-state index contributed by atoms with van der Waals surface area (Å²) >= 11 is 0. The number of hydrogen-bond donors (Lipinski definition) is 0. The maximum Gasteiger partial charge on any atom is 0.297 e. The van der Waals surface area contributed by atoms with Crippen molar-refractivity contribution in [1.82, 2.24) is 0 Å². The first kappa shape index (κ1) is 19.3. The van der Waals surface area contributed by atoms with Gasteiger partial charge in [-0.2, -0.15) is 18.9 Å². The second-order valence-corrected chi connectivity index (χ2v) is 7.78. The molecule has 0 saturated heterocycles. The summed E-state index contributed by atoms with van der Waals surface area (Å²) in [7, 11) is -4.03. The van der Waals surface area contributed by atoms with E-state index in [1.165, 1.54) is 12.1 Å². The third-order valence-electron chi connectivity index (χ3n) is 4.22. The van der Waals surface area contributed by atoms with E-state index >= 15 is 0 Å².